The third kappa shape index (κ3) is 3.16. The van der Waals surface area contributed by atoms with E-state index < -0.39 is 4.92 Å². The molecule has 0 saturated heterocycles. The van der Waals surface area contributed by atoms with E-state index in [1.54, 1.807) is 0 Å². The van der Waals surface area contributed by atoms with Gasteiger partial charge < -0.3 is 9.84 Å². The Hall–Kier alpha value is -2.78. The average molecular weight is 386 g/mol. The number of nitro groups is 1. The standard InChI is InChI=1S/C18H22N6O4/c25-16(19-10-18-4-11-1-12(5-18)3-13(2-11)6-18)17-21-15(22-28-17)9-23-8-14(7-20-23)24(26)27/h7-8,11-13H,1-6,9-10H2,(H,19,25). The van der Waals surface area contributed by atoms with E-state index in [2.05, 4.69) is 20.6 Å². The van der Waals surface area contributed by atoms with Crippen molar-refractivity contribution in [3.8, 4) is 0 Å². The van der Waals surface area contributed by atoms with Gasteiger partial charge in [0.25, 0.3) is 0 Å². The van der Waals surface area contributed by atoms with Gasteiger partial charge in [-0.3, -0.25) is 19.6 Å². The van der Waals surface area contributed by atoms with Crippen LogP contribution in [0.5, 0.6) is 0 Å². The lowest BCUT2D eigenvalue weighted by Crippen LogP contribution is -2.51. The molecule has 0 radical (unpaired) electrons. The molecule has 0 spiro atoms. The molecule has 4 bridgehead atoms. The van der Waals surface area contributed by atoms with Crippen LogP contribution >= 0.6 is 0 Å². The lowest BCUT2D eigenvalue weighted by atomic mass is 9.49. The zero-order chi connectivity index (χ0) is 19.3. The Bertz CT molecular complexity index is 884. The van der Waals surface area contributed by atoms with Crippen molar-refractivity contribution in [1.29, 1.82) is 0 Å². The van der Waals surface area contributed by atoms with Crippen LogP contribution in [0.4, 0.5) is 5.69 Å². The van der Waals surface area contributed by atoms with E-state index in [9.17, 15) is 14.9 Å². The molecule has 6 rings (SSSR count). The summed E-state index contributed by atoms with van der Waals surface area (Å²) in [5.41, 5.74) is 0.124. The van der Waals surface area contributed by atoms with Crippen molar-refractivity contribution < 1.29 is 14.2 Å². The van der Waals surface area contributed by atoms with Gasteiger partial charge in [-0.15, -0.1) is 0 Å². The highest BCUT2D eigenvalue weighted by atomic mass is 16.6. The van der Waals surface area contributed by atoms with Crippen molar-refractivity contribution in [3.63, 3.8) is 0 Å². The highest BCUT2D eigenvalue weighted by Gasteiger charge is 2.50. The molecule has 4 aliphatic rings. The lowest BCUT2D eigenvalue weighted by molar-refractivity contribution is -0.385. The van der Waals surface area contributed by atoms with Crippen LogP contribution < -0.4 is 5.32 Å². The summed E-state index contributed by atoms with van der Waals surface area (Å²) in [6, 6.07) is 0. The molecule has 4 aliphatic carbocycles. The molecule has 1 N–H and O–H groups in total. The molecule has 148 valence electrons. The van der Waals surface area contributed by atoms with Crippen molar-refractivity contribution in [2.75, 3.05) is 6.54 Å². The molecular weight excluding hydrogens is 364 g/mol. The fourth-order valence-electron chi connectivity index (χ4n) is 5.94. The largest absolute Gasteiger partial charge is 0.347 e. The molecule has 28 heavy (non-hydrogen) atoms. The first-order valence-electron chi connectivity index (χ1n) is 9.76. The van der Waals surface area contributed by atoms with Gasteiger partial charge in [0.1, 0.15) is 18.9 Å². The normalized spacial score (nSPS) is 30.5. The predicted molar refractivity (Wildman–Crippen MR) is 95.2 cm³/mol. The molecule has 1 amide bonds. The van der Waals surface area contributed by atoms with Gasteiger partial charge in [-0.1, -0.05) is 5.16 Å². The van der Waals surface area contributed by atoms with Gasteiger partial charge in [0, 0.05) is 6.54 Å². The molecule has 0 atom stereocenters. The molecule has 2 heterocycles. The van der Waals surface area contributed by atoms with E-state index in [1.165, 1.54) is 49.4 Å². The van der Waals surface area contributed by atoms with Crippen molar-refractivity contribution in [3.05, 3.63) is 34.2 Å². The number of aromatic nitrogens is 4. The molecular formula is C18H22N6O4. The van der Waals surface area contributed by atoms with Gasteiger partial charge in [-0.25, -0.2) is 0 Å². The van der Waals surface area contributed by atoms with Crippen LogP contribution in [0, 0.1) is 33.3 Å². The number of nitrogens with one attached hydrogen (secondary N) is 1. The van der Waals surface area contributed by atoms with Crippen molar-refractivity contribution in [2.45, 2.75) is 45.1 Å². The first-order valence-corrected chi connectivity index (χ1v) is 9.76. The van der Waals surface area contributed by atoms with E-state index in [4.69, 9.17) is 4.52 Å². The molecule has 2 aromatic rings. The predicted octanol–water partition coefficient (Wildman–Crippen LogP) is 2.17. The summed E-state index contributed by atoms with van der Waals surface area (Å²) in [6.45, 7) is 0.762. The summed E-state index contributed by atoms with van der Waals surface area (Å²) in [6.07, 6.45) is 10.2. The summed E-state index contributed by atoms with van der Waals surface area (Å²) in [5, 5.41) is 21.4. The topological polar surface area (TPSA) is 129 Å². The number of amides is 1. The van der Waals surface area contributed by atoms with Crippen LogP contribution in [-0.4, -0.2) is 37.3 Å². The van der Waals surface area contributed by atoms with E-state index in [0.29, 0.717) is 6.54 Å². The summed E-state index contributed by atoms with van der Waals surface area (Å²) in [5.74, 6) is 2.30. The maximum atomic E-state index is 12.5. The minimum absolute atomic E-state index is 0.0821. The second kappa shape index (κ2) is 6.39. The van der Waals surface area contributed by atoms with Crippen molar-refractivity contribution in [1.82, 2.24) is 25.2 Å². The molecule has 0 aliphatic heterocycles. The highest BCUT2D eigenvalue weighted by Crippen LogP contribution is 2.59. The molecule has 10 heteroatoms. The summed E-state index contributed by atoms with van der Waals surface area (Å²) < 4.78 is 6.41. The second-order valence-corrected chi connectivity index (χ2v) is 8.77. The fourth-order valence-corrected chi connectivity index (χ4v) is 5.94. The zero-order valence-corrected chi connectivity index (χ0v) is 15.4. The third-order valence-corrected chi connectivity index (χ3v) is 6.59. The minimum atomic E-state index is -0.525. The second-order valence-electron chi connectivity index (χ2n) is 8.77. The number of hydrogen-bond acceptors (Lipinski definition) is 7. The number of hydrogen-bond donors (Lipinski definition) is 1. The van der Waals surface area contributed by atoms with E-state index >= 15 is 0 Å². The monoisotopic (exact) mass is 386 g/mol. The van der Waals surface area contributed by atoms with Gasteiger partial charge in [0.2, 0.25) is 0 Å². The third-order valence-electron chi connectivity index (χ3n) is 6.59. The molecule has 4 saturated carbocycles. The van der Waals surface area contributed by atoms with Crippen LogP contribution in [0.1, 0.15) is 55.0 Å². The minimum Gasteiger partial charge on any atom is -0.347 e. The summed E-state index contributed by atoms with van der Waals surface area (Å²) in [4.78, 5) is 26.8. The van der Waals surface area contributed by atoms with Gasteiger partial charge in [-0.2, -0.15) is 10.1 Å². The molecule has 10 nitrogen and oxygen atoms in total. The molecule has 0 unspecified atom stereocenters. The molecule has 0 aromatic carbocycles. The summed E-state index contributed by atoms with van der Waals surface area (Å²) >= 11 is 0. The Morgan fingerprint density at radius 3 is 2.57 bits per heavy atom. The molecule has 4 fully saturated rings. The maximum absolute atomic E-state index is 12.5. The van der Waals surface area contributed by atoms with Gasteiger partial charge in [0.15, 0.2) is 5.82 Å². The first kappa shape index (κ1) is 17.3. The highest BCUT2D eigenvalue weighted by molar-refractivity contribution is 5.89. The Morgan fingerprint density at radius 2 is 1.96 bits per heavy atom. The van der Waals surface area contributed by atoms with E-state index in [0.717, 1.165) is 24.0 Å². The van der Waals surface area contributed by atoms with Crippen LogP contribution in [0.15, 0.2) is 16.9 Å². The SMILES string of the molecule is O=C(NCC12CC3CC(CC(C3)C1)C2)c1nc(Cn2cc([N+](=O)[O-])cn2)no1. The van der Waals surface area contributed by atoms with Gasteiger partial charge in [-0.05, 0) is 61.7 Å². The van der Waals surface area contributed by atoms with Gasteiger partial charge >= 0.3 is 17.5 Å². The van der Waals surface area contributed by atoms with Crippen LogP contribution in [0.3, 0.4) is 0 Å². The number of rotatable bonds is 6. The quantitative estimate of drug-likeness (QED) is 0.595. The van der Waals surface area contributed by atoms with E-state index in [-0.39, 0.29) is 35.3 Å². The Labute approximate surface area is 160 Å². The van der Waals surface area contributed by atoms with Gasteiger partial charge in [0.05, 0.1) is 4.92 Å². The van der Waals surface area contributed by atoms with Crippen LogP contribution in [0.2, 0.25) is 0 Å². The first-order chi connectivity index (χ1) is 13.5. The van der Waals surface area contributed by atoms with Crippen molar-refractivity contribution >= 4 is 11.6 Å². The maximum Gasteiger partial charge on any atom is 0.316 e. The Kier molecular flexibility index (Phi) is 3.95. The summed E-state index contributed by atoms with van der Waals surface area (Å²) in [7, 11) is 0. The fraction of sp³-hybridized carbons (Fsp3) is 0.667. The van der Waals surface area contributed by atoms with E-state index in [1.807, 2.05) is 0 Å². The Morgan fingerprint density at radius 1 is 1.29 bits per heavy atom. The number of nitrogens with zero attached hydrogens (tertiary/aromatic N) is 5. The smallest absolute Gasteiger partial charge is 0.316 e. The average Bonchev–Trinajstić information content (AvgIpc) is 3.29. The zero-order valence-electron chi connectivity index (χ0n) is 15.4. The lowest BCUT2D eigenvalue weighted by Gasteiger charge is -2.56. The van der Waals surface area contributed by atoms with Crippen molar-refractivity contribution in [2.24, 2.45) is 23.2 Å². The van der Waals surface area contributed by atoms with Crippen LogP contribution in [-0.2, 0) is 6.54 Å². The Balaban J connectivity index is 1.20. The van der Waals surface area contributed by atoms with Crippen LogP contribution in [0.25, 0.3) is 0 Å². The number of carbonyl (C=O) groups is 1. The molecule has 2 aromatic heterocycles. The number of carbonyl (C=O) groups excluding carboxylic acids is 1.